The first-order chi connectivity index (χ1) is 9.58. The van der Waals surface area contributed by atoms with Crippen molar-refractivity contribution < 1.29 is 22.7 Å². The van der Waals surface area contributed by atoms with E-state index in [1.165, 1.54) is 19.1 Å². The normalized spacial score (nSPS) is 13.7. The van der Waals surface area contributed by atoms with Crippen LogP contribution in [0.3, 0.4) is 0 Å². The summed E-state index contributed by atoms with van der Waals surface area (Å²) in [6, 6.07) is 4.28. The summed E-state index contributed by atoms with van der Waals surface area (Å²) in [6.07, 6.45) is 0. The number of halogens is 2. The summed E-state index contributed by atoms with van der Waals surface area (Å²) in [5.74, 6) is -4.78. The molecule has 1 rings (SSSR count). The van der Waals surface area contributed by atoms with Crippen LogP contribution in [0.1, 0.15) is 18.5 Å². The molecular weight excluding hydrogens is 296 g/mol. The molecule has 1 atom stereocenters. The van der Waals surface area contributed by atoms with Gasteiger partial charge >= 0.3 is 11.9 Å². The van der Waals surface area contributed by atoms with Crippen LogP contribution in [-0.4, -0.2) is 26.8 Å². The molecule has 1 aromatic rings. The van der Waals surface area contributed by atoms with E-state index in [4.69, 9.17) is 10.2 Å². The van der Waals surface area contributed by atoms with E-state index in [-0.39, 0.29) is 12.2 Å². The molecule has 0 aliphatic rings. The van der Waals surface area contributed by atoms with E-state index < -0.39 is 26.3 Å². The maximum absolute atomic E-state index is 13.8. The Morgan fingerprint density at radius 1 is 1.29 bits per heavy atom. The lowest BCUT2D eigenvalue weighted by molar-refractivity contribution is -0.174. The Kier molecular flexibility index (Phi) is 5.46. The molecule has 2 N–H and O–H groups in total. The highest BCUT2D eigenvalue weighted by atomic mass is 28.4. The van der Waals surface area contributed by atoms with Crippen molar-refractivity contribution in [3.05, 3.63) is 29.8 Å². The maximum Gasteiger partial charge on any atom is 0.379 e. The van der Waals surface area contributed by atoms with Gasteiger partial charge in [-0.1, -0.05) is 12.1 Å². The Balaban J connectivity index is 2.88. The Hall–Kier alpha value is -1.47. The van der Waals surface area contributed by atoms with Gasteiger partial charge in [0.25, 0.3) is 0 Å². The van der Waals surface area contributed by atoms with E-state index in [0.29, 0.717) is 5.75 Å². The van der Waals surface area contributed by atoms with Gasteiger partial charge < -0.3 is 14.9 Å². The average molecular weight is 317 g/mol. The summed E-state index contributed by atoms with van der Waals surface area (Å²) in [6.45, 7) is 7.39. The van der Waals surface area contributed by atoms with Crippen LogP contribution in [0.15, 0.2) is 24.3 Å². The Bertz CT molecular complexity index is 486. The van der Waals surface area contributed by atoms with Crippen molar-refractivity contribution in [2.75, 3.05) is 6.61 Å². The van der Waals surface area contributed by atoms with Crippen LogP contribution < -0.4 is 10.2 Å². The zero-order chi connectivity index (χ0) is 16.3. The molecule has 118 valence electrons. The van der Waals surface area contributed by atoms with Crippen LogP contribution in [0.25, 0.3) is 0 Å². The van der Waals surface area contributed by atoms with Crippen LogP contribution in [-0.2, 0) is 9.53 Å². The number of hydrogen-bond donors (Lipinski definition) is 1. The number of nitrogens with two attached hydrogens (primary N) is 1. The summed E-state index contributed by atoms with van der Waals surface area (Å²) in [5, 5.41) is 0. The quantitative estimate of drug-likeness (QED) is 0.647. The van der Waals surface area contributed by atoms with Gasteiger partial charge in [0.2, 0.25) is 8.32 Å². The van der Waals surface area contributed by atoms with Gasteiger partial charge in [-0.25, -0.2) is 4.79 Å². The largest absolute Gasteiger partial charge is 0.544 e. The predicted molar refractivity (Wildman–Crippen MR) is 78.9 cm³/mol. The molecule has 0 aliphatic carbocycles. The number of esters is 1. The summed E-state index contributed by atoms with van der Waals surface area (Å²) < 4.78 is 37.7. The highest BCUT2D eigenvalue weighted by Gasteiger charge is 2.47. The second-order valence-electron chi connectivity index (χ2n) is 5.60. The van der Waals surface area contributed by atoms with E-state index in [2.05, 4.69) is 4.74 Å². The van der Waals surface area contributed by atoms with E-state index >= 15 is 0 Å². The van der Waals surface area contributed by atoms with Crippen LogP contribution in [0.5, 0.6) is 5.75 Å². The molecule has 0 unspecified atom stereocenters. The maximum atomic E-state index is 13.8. The first-order valence-electron chi connectivity index (χ1n) is 6.67. The minimum Gasteiger partial charge on any atom is -0.544 e. The molecule has 0 aromatic heterocycles. The summed E-state index contributed by atoms with van der Waals surface area (Å²) in [7, 11) is -1.76. The minimum atomic E-state index is -3.77. The van der Waals surface area contributed by atoms with Crippen molar-refractivity contribution in [3.63, 3.8) is 0 Å². The highest BCUT2D eigenvalue weighted by molar-refractivity contribution is 6.70. The van der Waals surface area contributed by atoms with Crippen LogP contribution in [0.2, 0.25) is 19.6 Å². The van der Waals surface area contributed by atoms with Gasteiger partial charge in [-0.3, -0.25) is 0 Å². The molecule has 7 heteroatoms. The average Bonchev–Trinajstić information content (AvgIpc) is 2.37. The standard InChI is InChI=1S/C14H21F2NO3Si/c1-5-19-13(18)14(15,16)12(17)10-6-8-11(9-7-10)20-21(2,3)4/h6-9,12H,5,17H2,1-4H3/t12-/m0/s1. The molecular formula is C14H21F2NO3Si. The fraction of sp³-hybridized carbons (Fsp3) is 0.500. The van der Waals surface area contributed by atoms with Crippen LogP contribution >= 0.6 is 0 Å². The molecule has 0 saturated carbocycles. The SMILES string of the molecule is CCOC(=O)C(F)(F)[C@@H](N)c1ccc(O[Si](C)(C)C)cc1. The van der Waals surface area contributed by atoms with Crippen LogP contribution in [0.4, 0.5) is 8.78 Å². The fourth-order valence-corrected chi connectivity index (χ4v) is 2.50. The fourth-order valence-electron chi connectivity index (χ4n) is 1.66. The molecule has 21 heavy (non-hydrogen) atoms. The van der Waals surface area contributed by atoms with E-state index in [9.17, 15) is 13.6 Å². The van der Waals surface area contributed by atoms with Gasteiger partial charge in [-0.05, 0) is 44.3 Å². The lowest BCUT2D eigenvalue weighted by Gasteiger charge is -2.23. The molecule has 1 aromatic carbocycles. The van der Waals surface area contributed by atoms with E-state index in [1.807, 2.05) is 19.6 Å². The van der Waals surface area contributed by atoms with E-state index in [1.54, 1.807) is 12.1 Å². The molecule has 0 spiro atoms. The smallest absolute Gasteiger partial charge is 0.379 e. The first kappa shape index (κ1) is 17.6. The number of hydrogen-bond acceptors (Lipinski definition) is 4. The molecule has 0 fully saturated rings. The van der Waals surface area contributed by atoms with Gasteiger partial charge in [0.15, 0.2) is 0 Å². The molecule has 0 bridgehead atoms. The van der Waals surface area contributed by atoms with Gasteiger partial charge in [0.1, 0.15) is 11.8 Å². The molecule has 0 heterocycles. The lowest BCUT2D eigenvalue weighted by Crippen LogP contribution is -2.41. The molecule has 0 amide bonds. The summed E-state index contributed by atoms with van der Waals surface area (Å²) in [5.41, 5.74) is 5.65. The van der Waals surface area contributed by atoms with Crippen molar-refractivity contribution in [1.29, 1.82) is 0 Å². The third-order valence-electron chi connectivity index (χ3n) is 2.60. The predicted octanol–water partition coefficient (Wildman–Crippen LogP) is 3.10. The monoisotopic (exact) mass is 317 g/mol. The van der Waals surface area contributed by atoms with E-state index in [0.717, 1.165) is 0 Å². The number of rotatable bonds is 6. The lowest BCUT2D eigenvalue weighted by atomic mass is 10.0. The minimum absolute atomic E-state index is 0.121. The first-order valence-corrected chi connectivity index (χ1v) is 10.1. The number of benzene rings is 1. The summed E-state index contributed by atoms with van der Waals surface area (Å²) in [4.78, 5) is 11.3. The highest BCUT2D eigenvalue weighted by Crippen LogP contribution is 2.31. The van der Waals surface area contributed by atoms with Gasteiger partial charge in [-0.15, -0.1) is 0 Å². The Labute approximate surface area is 124 Å². The second kappa shape index (κ2) is 6.53. The number of carbonyl (C=O) groups excluding carboxylic acids is 1. The molecule has 4 nitrogen and oxygen atoms in total. The summed E-state index contributed by atoms with van der Waals surface area (Å²) >= 11 is 0. The number of alkyl halides is 2. The third kappa shape index (κ3) is 4.78. The van der Waals surface area contributed by atoms with Crippen LogP contribution in [0, 0.1) is 0 Å². The molecule has 0 radical (unpaired) electrons. The van der Waals surface area contributed by atoms with Gasteiger partial charge in [0, 0.05) is 0 Å². The Morgan fingerprint density at radius 3 is 2.24 bits per heavy atom. The van der Waals surface area contributed by atoms with Crippen molar-refractivity contribution >= 4 is 14.3 Å². The number of ether oxygens (including phenoxy) is 1. The van der Waals surface area contributed by atoms with Gasteiger partial charge in [0.05, 0.1) is 6.61 Å². The van der Waals surface area contributed by atoms with Crippen molar-refractivity contribution in [2.45, 2.75) is 38.5 Å². The van der Waals surface area contributed by atoms with Crippen molar-refractivity contribution in [2.24, 2.45) is 5.73 Å². The van der Waals surface area contributed by atoms with Crippen molar-refractivity contribution in [3.8, 4) is 5.75 Å². The molecule has 0 aliphatic heterocycles. The molecule has 0 saturated heterocycles. The topological polar surface area (TPSA) is 61.5 Å². The zero-order valence-corrected chi connectivity index (χ0v) is 13.7. The third-order valence-corrected chi connectivity index (χ3v) is 3.45. The second-order valence-corrected chi connectivity index (χ2v) is 10.0. The van der Waals surface area contributed by atoms with Gasteiger partial charge in [-0.2, -0.15) is 8.78 Å². The number of carbonyl (C=O) groups is 1. The zero-order valence-electron chi connectivity index (χ0n) is 12.7. The Morgan fingerprint density at radius 2 is 1.81 bits per heavy atom. The van der Waals surface area contributed by atoms with Crippen molar-refractivity contribution in [1.82, 2.24) is 0 Å².